The van der Waals surface area contributed by atoms with E-state index in [1.807, 2.05) is 31.4 Å². The van der Waals surface area contributed by atoms with E-state index in [4.69, 9.17) is 5.73 Å². The van der Waals surface area contributed by atoms with Crippen LogP contribution in [0.3, 0.4) is 0 Å². The van der Waals surface area contributed by atoms with Gasteiger partial charge in [-0.15, -0.1) is 0 Å². The van der Waals surface area contributed by atoms with Gasteiger partial charge in [-0.05, 0) is 19.4 Å². The minimum absolute atomic E-state index is 0.725. The van der Waals surface area contributed by atoms with E-state index in [-0.39, 0.29) is 0 Å². The molecule has 0 aromatic carbocycles. The number of rotatable bonds is 3. The van der Waals surface area contributed by atoms with Crippen LogP contribution < -0.4 is 5.73 Å². The summed E-state index contributed by atoms with van der Waals surface area (Å²) in [4.78, 5) is 0. The highest BCUT2D eigenvalue weighted by Crippen LogP contribution is 2.11. The summed E-state index contributed by atoms with van der Waals surface area (Å²) in [6.07, 6.45) is 10.4. The van der Waals surface area contributed by atoms with Crippen LogP contribution in [0.2, 0.25) is 0 Å². The summed E-state index contributed by atoms with van der Waals surface area (Å²) in [6, 6.07) is 0. The molecule has 0 fully saturated rings. The SMILES string of the molecule is C/C=C\C=C/n1ncc(CC)c1N. The van der Waals surface area contributed by atoms with Gasteiger partial charge >= 0.3 is 0 Å². The molecule has 0 saturated carbocycles. The predicted octanol–water partition coefficient (Wildman–Crippen LogP) is 2.07. The number of anilines is 1. The number of hydrogen-bond acceptors (Lipinski definition) is 2. The topological polar surface area (TPSA) is 43.8 Å². The normalized spacial score (nSPS) is 11.8. The van der Waals surface area contributed by atoms with Crippen molar-refractivity contribution in [1.29, 1.82) is 0 Å². The maximum absolute atomic E-state index is 5.82. The van der Waals surface area contributed by atoms with Gasteiger partial charge in [-0.2, -0.15) is 5.10 Å². The Balaban J connectivity index is 2.83. The first-order valence-electron chi connectivity index (χ1n) is 4.41. The zero-order valence-electron chi connectivity index (χ0n) is 8.07. The molecule has 0 unspecified atom stereocenters. The smallest absolute Gasteiger partial charge is 0.129 e. The number of allylic oxidation sites excluding steroid dienone is 3. The molecule has 0 saturated heterocycles. The van der Waals surface area contributed by atoms with E-state index >= 15 is 0 Å². The first kappa shape index (κ1) is 9.58. The fraction of sp³-hybridized carbons (Fsp3) is 0.300. The van der Waals surface area contributed by atoms with E-state index in [1.54, 1.807) is 10.9 Å². The van der Waals surface area contributed by atoms with Crippen molar-refractivity contribution >= 4 is 12.0 Å². The van der Waals surface area contributed by atoms with E-state index in [9.17, 15) is 0 Å². The average molecular weight is 177 g/mol. The van der Waals surface area contributed by atoms with Crippen LogP contribution in [0, 0.1) is 0 Å². The van der Waals surface area contributed by atoms with Crippen LogP contribution in [0.1, 0.15) is 19.4 Å². The lowest BCUT2D eigenvalue weighted by atomic mass is 10.3. The van der Waals surface area contributed by atoms with Crippen LogP contribution in [0.4, 0.5) is 5.82 Å². The van der Waals surface area contributed by atoms with Gasteiger partial charge in [-0.1, -0.05) is 19.1 Å². The van der Waals surface area contributed by atoms with Crippen LogP contribution in [0.5, 0.6) is 0 Å². The fourth-order valence-electron chi connectivity index (χ4n) is 1.04. The van der Waals surface area contributed by atoms with Gasteiger partial charge in [-0.25, -0.2) is 4.68 Å². The Morgan fingerprint density at radius 2 is 2.31 bits per heavy atom. The molecule has 0 spiro atoms. The number of aromatic nitrogens is 2. The van der Waals surface area contributed by atoms with Crippen LogP contribution in [0.15, 0.2) is 24.4 Å². The van der Waals surface area contributed by atoms with E-state index < -0.39 is 0 Å². The van der Waals surface area contributed by atoms with E-state index in [0.717, 1.165) is 17.8 Å². The zero-order chi connectivity index (χ0) is 9.68. The molecule has 1 rings (SSSR count). The number of nitrogens with two attached hydrogens (primary N) is 1. The molecule has 0 amide bonds. The third kappa shape index (κ3) is 2.21. The summed E-state index contributed by atoms with van der Waals surface area (Å²) in [5.74, 6) is 0.725. The van der Waals surface area contributed by atoms with Gasteiger partial charge in [0.1, 0.15) is 5.82 Å². The second-order valence-electron chi connectivity index (χ2n) is 2.72. The third-order valence-electron chi connectivity index (χ3n) is 1.83. The standard InChI is InChI=1S/C10H15N3/c1-3-5-6-7-13-10(11)9(4-2)8-12-13/h3,5-8H,4,11H2,1-2H3/b5-3-,7-6-. The molecule has 0 bridgehead atoms. The van der Waals surface area contributed by atoms with Gasteiger partial charge in [0.15, 0.2) is 0 Å². The van der Waals surface area contributed by atoms with Crippen LogP contribution in [0.25, 0.3) is 6.20 Å². The highest BCUT2D eigenvalue weighted by molar-refractivity contribution is 5.46. The molecule has 1 aromatic rings. The monoisotopic (exact) mass is 177 g/mol. The van der Waals surface area contributed by atoms with E-state index in [1.165, 1.54) is 0 Å². The number of nitrogen functional groups attached to an aromatic ring is 1. The quantitative estimate of drug-likeness (QED) is 0.718. The summed E-state index contributed by atoms with van der Waals surface area (Å²) >= 11 is 0. The van der Waals surface area contributed by atoms with Crippen LogP contribution in [-0.4, -0.2) is 9.78 Å². The molecule has 70 valence electrons. The van der Waals surface area contributed by atoms with E-state index in [0.29, 0.717) is 0 Å². The highest BCUT2D eigenvalue weighted by Gasteiger charge is 2.01. The van der Waals surface area contributed by atoms with E-state index in [2.05, 4.69) is 12.0 Å². The van der Waals surface area contributed by atoms with Gasteiger partial charge in [0.2, 0.25) is 0 Å². The maximum atomic E-state index is 5.82. The Morgan fingerprint density at radius 3 is 2.85 bits per heavy atom. The predicted molar refractivity (Wildman–Crippen MR) is 56.2 cm³/mol. The van der Waals surface area contributed by atoms with Crippen molar-refractivity contribution in [3.8, 4) is 0 Å². The molecule has 3 heteroatoms. The number of hydrogen-bond donors (Lipinski definition) is 1. The fourth-order valence-corrected chi connectivity index (χ4v) is 1.04. The van der Waals surface area contributed by atoms with Crippen LogP contribution in [-0.2, 0) is 6.42 Å². The van der Waals surface area contributed by atoms with Crippen molar-refractivity contribution in [2.24, 2.45) is 0 Å². The van der Waals surface area contributed by atoms with Crippen molar-refractivity contribution in [3.63, 3.8) is 0 Å². The van der Waals surface area contributed by atoms with Crippen LogP contribution >= 0.6 is 0 Å². The molecule has 3 nitrogen and oxygen atoms in total. The second kappa shape index (κ2) is 4.50. The molecule has 0 aliphatic rings. The summed E-state index contributed by atoms with van der Waals surface area (Å²) < 4.78 is 1.68. The lowest BCUT2D eigenvalue weighted by Gasteiger charge is -1.96. The second-order valence-corrected chi connectivity index (χ2v) is 2.72. The van der Waals surface area contributed by atoms with Crippen molar-refractivity contribution in [2.75, 3.05) is 5.73 Å². The van der Waals surface area contributed by atoms with Gasteiger partial charge < -0.3 is 5.73 Å². The summed E-state index contributed by atoms with van der Waals surface area (Å²) in [6.45, 7) is 4.03. The first-order valence-corrected chi connectivity index (χ1v) is 4.41. The first-order chi connectivity index (χ1) is 6.29. The molecule has 1 aromatic heterocycles. The maximum Gasteiger partial charge on any atom is 0.129 e. The van der Waals surface area contributed by atoms with Crippen molar-refractivity contribution in [1.82, 2.24) is 9.78 Å². The van der Waals surface area contributed by atoms with Gasteiger partial charge in [0, 0.05) is 11.8 Å². The van der Waals surface area contributed by atoms with Gasteiger partial charge in [-0.3, -0.25) is 0 Å². The largest absolute Gasteiger partial charge is 0.383 e. The molecule has 0 radical (unpaired) electrons. The Morgan fingerprint density at radius 1 is 1.54 bits per heavy atom. The minimum atomic E-state index is 0.725. The minimum Gasteiger partial charge on any atom is -0.383 e. The molecule has 1 heterocycles. The van der Waals surface area contributed by atoms with Crippen molar-refractivity contribution in [2.45, 2.75) is 20.3 Å². The van der Waals surface area contributed by atoms with Gasteiger partial charge in [0.25, 0.3) is 0 Å². The lowest BCUT2D eigenvalue weighted by molar-refractivity contribution is 0.945. The molecule has 0 atom stereocenters. The molecule has 0 aliphatic carbocycles. The highest BCUT2D eigenvalue weighted by atomic mass is 15.3. The summed E-state index contributed by atoms with van der Waals surface area (Å²) in [5.41, 5.74) is 6.91. The Hall–Kier alpha value is -1.51. The Kier molecular flexibility index (Phi) is 3.31. The number of aryl methyl sites for hydroxylation is 1. The Labute approximate surface area is 78.6 Å². The summed E-state index contributed by atoms with van der Waals surface area (Å²) in [7, 11) is 0. The number of nitrogens with zero attached hydrogens (tertiary/aromatic N) is 2. The zero-order valence-corrected chi connectivity index (χ0v) is 8.07. The molecule has 13 heavy (non-hydrogen) atoms. The summed E-state index contributed by atoms with van der Waals surface area (Å²) in [5, 5.41) is 4.13. The average Bonchev–Trinajstić information content (AvgIpc) is 2.48. The Bertz CT molecular complexity index is 321. The molecule has 2 N–H and O–H groups in total. The molecular weight excluding hydrogens is 162 g/mol. The lowest BCUT2D eigenvalue weighted by Crippen LogP contribution is -1.97. The van der Waals surface area contributed by atoms with Gasteiger partial charge in [0.05, 0.1) is 6.20 Å². The molecule has 0 aliphatic heterocycles. The van der Waals surface area contributed by atoms with Crippen molar-refractivity contribution < 1.29 is 0 Å². The van der Waals surface area contributed by atoms with Crippen molar-refractivity contribution in [3.05, 3.63) is 30.0 Å². The third-order valence-corrected chi connectivity index (χ3v) is 1.83. The molecular formula is C10H15N3.